The van der Waals surface area contributed by atoms with Crippen molar-refractivity contribution >= 4 is 23.4 Å². The zero-order valence-electron chi connectivity index (χ0n) is 13.2. The van der Waals surface area contributed by atoms with Gasteiger partial charge in [-0.15, -0.1) is 0 Å². The molecule has 0 unspecified atom stereocenters. The van der Waals surface area contributed by atoms with E-state index in [0.717, 1.165) is 16.3 Å². The van der Waals surface area contributed by atoms with Crippen LogP contribution in [0.4, 0.5) is 5.69 Å². The summed E-state index contributed by atoms with van der Waals surface area (Å²) in [4.78, 5) is 31.8. The third-order valence-electron chi connectivity index (χ3n) is 3.66. The molecule has 1 amide bonds. The van der Waals surface area contributed by atoms with Crippen LogP contribution in [0.2, 0.25) is 0 Å². The van der Waals surface area contributed by atoms with Crippen LogP contribution in [-0.4, -0.2) is 26.8 Å². The second-order valence-corrected chi connectivity index (χ2v) is 6.78. The second-order valence-electron chi connectivity index (χ2n) is 5.74. The Kier molecular flexibility index (Phi) is 4.48. The molecule has 3 rings (SSSR count). The summed E-state index contributed by atoms with van der Waals surface area (Å²) in [5.74, 6) is -0.813. The molecule has 24 heavy (non-hydrogen) atoms. The lowest BCUT2D eigenvalue weighted by Gasteiger charge is -2.06. The molecule has 1 heterocycles. The number of hydrogen-bond donors (Lipinski definition) is 1. The largest absolute Gasteiger partial charge is 0.326 e. The number of aryl methyl sites for hydroxylation is 2. The van der Waals surface area contributed by atoms with Crippen molar-refractivity contribution in [2.75, 3.05) is 5.32 Å². The predicted octanol–water partition coefficient (Wildman–Crippen LogP) is 2.85. The van der Waals surface area contributed by atoms with E-state index in [1.54, 1.807) is 12.1 Å². The first-order chi connectivity index (χ1) is 11.4. The van der Waals surface area contributed by atoms with Crippen molar-refractivity contribution < 1.29 is 9.72 Å². The number of aromatic nitrogens is 2. The minimum atomic E-state index is -0.735. The van der Waals surface area contributed by atoms with Crippen LogP contribution in [-0.2, 0) is 4.79 Å². The Balaban J connectivity index is 1.61. The summed E-state index contributed by atoms with van der Waals surface area (Å²) in [6.45, 7) is 3.85. The Labute approximate surface area is 143 Å². The quantitative estimate of drug-likeness (QED) is 0.509. The maximum Gasteiger partial charge on any atom is 0.234 e. The summed E-state index contributed by atoms with van der Waals surface area (Å²) in [7, 11) is 0. The van der Waals surface area contributed by atoms with Crippen molar-refractivity contribution in [3.05, 3.63) is 51.8 Å². The highest BCUT2D eigenvalue weighted by Gasteiger charge is 2.53. The molecule has 0 aliphatic heterocycles. The highest BCUT2D eigenvalue weighted by atomic mass is 32.2. The average molecular weight is 344 g/mol. The van der Waals surface area contributed by atoms with Crippen molar-refractivity contribution in [3.8, 4) is 0 Å². The van der Waals surface area contributed by atoms with Gasteiger partial charge in [0.1, 0.15) is 5.92 Å². The minimum absolute atomic E-state index is 0.297. The van der Waals surface area contributed by atoms with Crippen molar-refractivity contribution in [2.45, 2.75) is 36.4 Å². The molecule has 0 radical (unpaired) electrons. The summed E-state index contributed by atoms with van der Waals surface area (Å²) in [5, 5.41) is 14.0. The molecule has 1 aliphatic carbocycles. The van der Waals surface area contributed by atoms with E-state index in [2.05, 4.69) is 15.3 Å². The van der Waals surface area contributed by atoms with Gasteiger partial charge < -0.3 is 5.32 Å². The number of anilines is 1. The van der Waals surface area contributed by atoms with E-state index in [4.69, 9.17) is 0 Å². The third kappa shape index (κ3) is 3.88. The number of carbonyl (C=O) groups excluding carboxylic acids is 1. The molecule has 1 saturated carbocycles. The minimum Gasteiger partial charge on any atom is -0.326 e. The predicted molar refractivity (Wildman–Crippen MR) is 89.6 cm³/mol. The summed E-state index contributed by atoms with van der Waals surface area (Å²) in [5.41, 5.74) is 2.46. The van der Waals surface area contributed by atoms with Crippen molar-refractivity contribution in [3.63, 3.8) is 0 Å². The number of benzene rings is 1. The topological polar surface area (TPSA) is 98.0 Å². The molecule has 0 bridgehead atoms. The maximum absolute atomic E-state index is 11.9. The van der Waals surface area contributed by atoms with Crippen molar-refractivity contribution in [1.82, 2.24) is 9.97 Å². The normalized spacial score (nSPS) is 18.9. The van der Waals surface area contributed by atoms with Crippen LogP contribution in [0.5, 0.6) is 0 Å². The van der Waals surface area contributed by atoms with E-state index >= 15 is 0 Å². The highest BCUT2D eigenvalue weighted by Crippen LogP contribution is 2.34. The molecule has 124 valence electrons. The molecule has 0 spiro atoms. The summed E-state index contributed by atoms with van der Waals surface area (Å²) >= 11 is 1.44. The Morgan fingerprint density at radius 2 is 1.88 bits per heavy atom. The molecule has 1 aromatic heterocycles. The van der Waals surface area contributed by atoms with E-state index in [1.807, 2.05) is 32.0 Å². The smallest absolute Gasteiger partial charge is 0.234 e. The van der Waals surface area contributed by atoms with Gasteiger partial charge in [-0.05, 0) is 55.9 Å². The molecular weight excluding hydrogens is 328 g/mol. The molecule has 1 N–H and O–H groups in total. The second kappa shape index (κ2) is 6.56. The van der Waals surface area contributed by atoms with Gasteiger partial charge in [0.2, 0.25) is 11.9 Å². The number of nitrogens with one attached hydrogen (secondary N) is 1. The number of amides is 1. The fraction of sp³-hybridized carbons (Fsp3) is 0.312. The zero-order chi connectivity index (χ0) is 17.3. The first-order valence-corrected chi connectivity index (χ1v) is 8.28. The van der Waals surface area contributed by atoms with Crippen molar-refractivity contribution in [1.29, 1.82) is 0 Å². The van der Waals surface area contributed by atoms with Gasteiger partial charge >= 0.3 is 0 Å². The summed E-state index contributed by atoms with van der Waals surface area (Å²) in [6, 6.07) is 8.44. The van der Waals surface area contributed by atoms with Crippen LogP contribution >= 0.6 is 11.8 Å². The first-order valence-electron chi connectivity index (χ1n) is 7.47. The van der Waals surface area contributed by atoms with Gasteiger partial charge in [-0.2, -0.15) is 0 Å². The first kappa shape index (κ1) is 16.4. The van der Waals surface area contributed by atoms with Crippen LogP contribution in [0.3, 0.4) is 0 Å². The molecule has 2 atom stereocenters. The van der Waals surface area contributed by atoms with Gasteiger partial charge in [-0.25, -0.2) is 9.97 Å². The maximum atomic E-state index is 11.9. The fourth-order valence-electron chi connectivity index (χ4n) is 2.38. The van der Waals surface area contributed by atoms with Gasteiger partial charge in [0, 0.05) is 33.3 Å². The Bertz CT molecular complexity index is 774. The van der Waals surface area contributed by atoms with E-state index in [-0.39, 0.29) is 5.91 Å². The van der Waals surface area contributed by atoms with E-state index in [1.165, 1.54) is 11.8 Å². The van der Waals surface area contributed by atoms with Gasteiger partial charge in [-0.1, -0.05) is 0 Å². The fourth-order valence-corrected chi connectivity index (χ4v) is 3.24. The molecule has 1 aromatic carbocycles. The van der Waals surface area contributed by atoms with E-state index in [9.17, 15) is 14.9 Å². The molecule has 7 nitrogen and oxygen atoms in total. The number of nitrogens with zero attached hydrogens (tertiary/aromatic N) is 3. The van der Waals surface area contributed by atoms with Crippen LogP contribution < -0.4 is 5.32 Å². The summed E-state index contributed by atoms with van der Waals surface area (Å²) in [6.07, 6.45) is 0.316. The van der Waals surface area contributed by atoms with Gasteiger partial charge in [0.15, 0.2) is 5.16 Å². The van der Waals surface area contributed by atoms with Crippen LogP contribution in [0, 0.1) is 29.9 Å². The van der Waals surface area contributed by atoms with Crippen LogP contribution in [0.1, 0.15) is 17.8 Å². The lowest BCUT2D eigenvalue weighted by Crippen LogP contribution is -2.18. The molecular formula is C16H16N4O3S. The van der Waals surface area contributed by atoms with Crippen molar-refractivity contribution in [2.24, 2.45) is 5.92 Å². The van der Waals surface area contributed by atoms with Gasteiger partial charge in [-0.3, -0.25) is 14.9 Å². The molecule has 1 aliphatic rings. The number of nitro groups is 1. The summed E-state index contributed by atoms with van der Waals surface area (Å²) < 4.78 is 0. The Morgan fingerprint density at radius 3 is 2.42 bits per heavy atom. The van der Waals surface area contributed by atoms with Gasteiger partial charge in [0.05, 0.1) is 0 Å². The lowest BCUT2D eigenvalue weighted by molar-refractivity contribution is -0.497. The molecule has 0 saturated heterocycles. The Hall–Kier alpha value is -2.48. The molecule has 1 fully saturated rings. The zero-order valence-corrected chi connectivity index (χ0v) is 14.0. The van der Waals surface area contributed by atoms with Gasteiger partial charge in [0.25, 0.3) is 0 Å². The monoisotopic (exact) mass is 344 g/mol. The molecule has 2 aromatic rings. The Morgan fingerprint density at radius 1 is 1.25 bits per heavy atom. The SMILES string of the molecule is Cc1cc(C)nc(Sc2ccc(NC(=O)[C@H]3C[C@@H]3[N+](=O)[O-])cc2)n1. The average Bonchev–Trinajstić information content (AvgIpc) is 3.29. The van der Waals surface area contributed by atoms with E-state index in [0.29, 0.717) is 17.3 Å². The highest BCUT2D eigenvalue weighted by molar-refractivity contribution is 7.99. The number of rotatable bonds is 5. The third-order valence-corrected chi connectivity index (χ3v) is 4.53. The number of hydrogen-bond acceptors (Lipinski definition) is 6. The molecule has 8 heteroatoms. The lowest BCUT2D eigenvalue weighted by atomic mass is 10.3. The van der Waals surface area contributed by atoms with E-state index < -0.39 is 16.9 Å². The number of carbonyl (C=O) groups is 1. The standard InChI is InChI=1S/C16H16N4O3S/c1-9-7-10(2)18-16(17-9)24-12-5-3-11(4-6-12)19-15(21)13-8-14(13)20(22)23/h3-7,13-14H,8H2,1-2H3,(H,19,21)/t13-,14-/m0/s1. The van der Waals surface area contributed by atoms with Crippen LogP contribution in [0.25, 0.3) is 0 Å². The van der Waals surface area contributed by atoms with Crippen LogP contribution in [0.15, 0.2) is 40.4 Å².